The standard InChI is InChI=1S/C18H29NO4/c1-11(2)6-7-14-17(4,23-14)16-15(21-5)13(19-12(3)20)8-9-18(16)10-22-18/h6,13-16H,7-10H2,1-5H3,(H,19,20)/t13-,14-,15-,16-,17+,18+/m1/s1. The van der Waals surface area contributed by atoms with E-state index in [2.05, 4.69) is 32.2 Å². The molecule has 3 aliphatic rings. The monoisotopic (exact) mass is 323 g/mol. The predicted octanol–water partition coefficient (Wildman–Crippen LogP) is 2.20. The number of epoxide rings is 2. The molecule has 0 aromatic carbocycles. The first-order valence-corrected chi connectivity index (χ1v) is 8.57. The Hall–Kier alpha value is -0.910. The fraction of sp³-hybridized carbons (Fsp3) is 0.833. The van der Waals surface area contributed by atoms with Gasteiger partial charge in [0.15, 0.2) is 0 Å². The van der Waals surface area contributed by atoms with E-state index in [9.17, 15) is 4.79 Å². The first-order chi connectivity index (χ1) is 10.8. The number of hydrogen-bond donors (Lipinski definition) is 1. The highest BCUT2D eigenvalue weighted by Gasteiger charge is 2.71. The van der Waals surface area contributed by atoms with Crippen LogP contribution in [0.2, 0.25) is 0 Å². The van der Waals surface area contributed by atoms with E-state index >= 15 is 0 Å². The van der Waals surface area contributed by atoms with Gasteiger partial charge in [-0.15, -0.1) is 0 Å². The summed E-state index contributed by atoms with van der Waals surface area (Å²) in [5.74, 6) is 0.146. The number of carbonyl (C=O) groups excluding carboxylic acids is 1. The quantitative estimate of drug-likeness (QED) is 0.622. The van der Waals surface area contributed by atoms with E-state index in [0.29, 0.717) is 0 Å². The lowest BCUT2D eigenvalue weighted by atomic mass is 9.67. The van der Waals surface area contributed by atoms with Crippen molar-refractivity contribution in [3.05, 3.63) is 11.6 Å². The molecule has 0 radical (unpaired) electrons. The first kappa shape index (κ1) is 16.9. The van der Waals surface area contributed by atoms with Crippen molar-refractivity contribution in [3.63, 3.8) is 0 Å². The molecule has 2 heterocycles. The zero-order chi connectivity index (χ0) is 16.8. The Labute approximate surface area is 138 Å². The van der Waals surface area contributed by atoms with Crippen molar-refractivity contribution in [2.75, 3.05) is 13.7 Å². The van der Waals surface area contributed by atoms with Crippen LogP contribution in [0.1, 0.15) is 47.0 Å². The van der Waals surface area contributed by atoms with Gasteiger partial charge in [-0.25, -0.2) is 0 Å². The summed E-state index contributed by atoms with van der Waals surface area (Å²) in [6, 6.07) is 0.0300. The number of allylic oxidation sites excluding steroid dienone is 1. The second-order valence-electron chi connectivity index (χ2n) is 7.68. The van der Waals surface area contributed by atoms with Crippen molar-refractivity contribution in [3.8, 4) is 0 Å². The van der Waals surface area contributed by atoms with Crippen molar-refractivity contribution in [2.45, 2.75) is 76.4 Å². The topological polar surface area (TPSA) is 63.4 Å². The minimum absolute atomic E-state index is 0.00794. The summed E-state index contributed by atoms with van der Waals surface area (Å²) >= 11 is 0. The Balaban J connectivity index is 1.79. The molecule has 130 valence electrons. The summed E-state index contributed by atoms with van der Waals surface area (Å²) in [5.41, 5.74) is 0.952. The van der Waals surface area contributed by atoms with Crippen molar-refractivity contribution >= 4 is 5.91 Å². The van der Waals surface area contributed by atoms with Gasteiger partial charge in [-0.2, -0.15) is 0 Å². The number of rotatable bonds is 5. The van der Waals surface area contributed by atoms with Crippen LogP contribution < -0.4 is 5.32 Å². The average molecular weight is 323 g/mol. The fourth-order valence-corrected chi connectivity index (χ4v) is 4.40. The zero-order valence-electron chi connectivity index (χ0n) is 14.8. The molecular formula is C18H29NO4. The Morgan fingerprint density at radius 1 is 1.39 bits per heavy atom. The molecule has 5 nitrogen and oxygen atoms in total. The number of ether oxygens (including phenoxy) is 3. The van der Waals surface area contributed by atoms with E-state index < -0.39 is 0 Å². The van der Waals surface area contributed by atoms with Gasteiger partial charge in [0.25, 0.3) is 0 Å². The van der Waals surface area contributed by atoms with Crippen LogP contribution in [0.5, 0.6) is 0 Å². The molecule has 1 spiro atoms. The summed E-state index contributed by atoms with van der Waals surface area (Å²) in [4.78, 5) is 11.5. The molecule has 23 heavy (non-hydrogen) atoms. The molecule has 3 fully saturated rings. The molecule has 0 unspecified atom stereocenters. The van der Waals surface area contributed by atoms with Gasteiger partial charge in [0.05, 0.1) is 30.5 Å². The first-order valence-electron chi connectivity index (χ1n) is 8.57. The predicted molar refractivity (Wildman–Crippen MR) is 87.1 cm³/mol. The molecule has 2 aliphatic heterocycles. The van der Waals surface area contributed by atoms with Crippen LogP contribution in [0.4, 0.5) is 0 Å². The van der Waals surface area contributed by atoms with Gasteiger partial charge in [0.2, 0.25) is 5.91 Å². The molecular weight excluding hydrogens is 294 g/mol. The maximum absolute atomic E-state index is 11.5. The van der Waals surface area contributed by atoms with Crippen molar-refractivity contribution in [2.24, 2.45) is 5.92 Å². The summed E-state index contributed by atoms with van der Waals surface area (Å²) in [6.45, 7) is 8.73. The Bertz CT molecular complexity index is 509. The molecule has 3 rings (SSSR count). The minimum atomic E-state index is -0.236. The second kappa shape index (κ2) is 5.87. The number of nitrogens with one attached hydrogen (secondary N) is 1. The molecule has 1 aliphatic carbocycles. The van der Waals surface area contributed by atoms with Crippen molar-refractivity contribution in [1.29, 1.82) is 0 Å². The van der Waals surface area contributed by atoms with Crippen LogP contribution in [0, 0.1) is 5.92 Å². The second-order valence-corrected chi connectivity index (χ2v) is 7.68. The van der Waals surface area contributed by atoms with Crippen LogP contribution in [-0.4, -0.2) is 49.1 Å². The molecule has 0 aromatic heterocycles. The fourth-order valence-electron chi connectivity index (χ4n) is 4.40. The number of methoxy groups -OCH3 is 1. The van der Waals surface area contributed by atoms with Gasteiger partial charge in [-0.3, -0.25) is 4.79 Å². The Morgan fingerprint density at radius 2 is 2.09 bits per heavy atom. The molecule has 0 bridgehead atoms. The lowest BCUT2D eigenvalue weighted by molar-refractivity contribution is -0.124. The van der Waals surface area contributed by atoms with Crippen LogP contribution in [-0.2, 0) is 19.0 Å². The third kappa shape index (κ3) is 3.06. The normalized spacial score (nSPS) is 44.7. The molecule has 5 heteroatoms. The van der Waals surface area contributed by atoms with E-state index in [1.165, 1.54) is 5.57 Å². The van der Waals surface area contributed by atoms with Gasteiger partial charge in [0, 0.05) is 20.0 Å². The summed E-state index contributed by atoms with van der Waals surface area (Å²) < 4.78 is 17.9. The van der Waals surface area contributed by atoms with Crippen LogP contribution >= 0.6 is 0 Å². The minimum Gasteiger partial charge on any atom is -0.379 e. The summed E-state index contributed by atoms with van der Waals surface area (Å²) in [6.07, 6.45) is 5.13. The molecule has 1 amide bonds. The molecule has 6 atom stereocenters. The summed E-state index contributed by atoms with van der Waals surface area (Å²) in [5, 5.41) is 3.06. The van der Waals surface area contributed by atoms with Crippen LogP contribution in [0.3, 0.4) is 0 Å². The van der Waals surface area contributed by atoms with Gasteiger partial charge in [0.1, 0.15) is 5.60 Å². The van der Waals surface area contributed by atoms with Gasteiger partial charge < -0.3 is 19.5 Å². The van der Waals surface area contributed by atoms with Crippen LogP contribution in [0.25, 0.3) is 0 Å². The largest absolute Gasteiger partial charge is 0.379 e. The Morgan fingerprint density at radius 3 is 2.61 bits per heavy atom. The van der Waals surface area contributed by atoms with E-state index in [0.717, 1.165) is 25.9 Å². The van der Waals surface area contributed by atoms with Gasteiger partial charge >= 0.3 is 0 Å². The molecule has 1 saturated carbocycles. The molecule has 1 N–H and O–H groups in total. The highest BCUT2D eigenvalue weighted by molar-refractivity contribution is 5.73. The van der Waals surface area contributed by atoms with Gasteiger partial charge in [-0.1, -0.05) is 11.6 Å². The lowest BCUT2D eigenvalue weighted by Crippen LogP contribution is -2.59. The maximum atomic E-state index is 11.5. The number of amides is 1. The number of carbonyl (C=O) groups is 1. The Kier molecular flexibility index (Phi) is 4.32. The van der Waals surface area contributed by atoms with Crippen molar-refractivity contribution in [1.82, 2.24) is 5.32 Å². The van der Waals surface area contributed by atoms with Crippen molar-refractivity contribution < 1.29 is 19.0 Å². The maximum Gasteiger partial charge on any atom is 0.217 e. The third-order valence-electron chi connectivity index (χ3n) is 5.68. The van der Waals surface area contributed by atoms with Gasteiger partial charge in [-0.05, 0) is 40.0 Å². The summed E-state index contributed by atoms with van der Waals surface area (Å²) in [7, 11) is 1.73. The highest BCUT2D eigenvalue weighted by atomic mass is 16.6. The van der Waals surface area contributed by atoms with E-state index in [1.54, 1.807) is 14.0 Å². The van der Waals surface area contributed by atoms with Crippen LogP contribution in [0.15, 0.2) is 11.6 Å². The zero-order valence-corrected chi connectivity index (χ0v) is 14.8. The van der Waals surface area contributed by atoms with E-state index in [4.69, 9.17) is 14.2 Å². The average Bonchev–Trinajstić information content (AvgIpc) is 3.37. The smallest absolute Gasteiger partial charge is 0.217 e. The van der Waals surface area contributed by atoms with E-state index in [-0.39, 0.29) is 41.3 Å². The SMILES string of the molecule is CO[C@@H]1[C@H](NC(C)=O)CC[C@]2(CO2)[C@H]1[C@@]1(C)O[C@@H]1CC=C(C)C. The number of hydrogen-bond acceptors (Lipinski definition) is 4. The highest BCUT2D eigenvalue weighted by Crippen LogP contribution is 2.59. The molecule has 2 saturated heterocycles. The lowest BCUT2D eigenvalue weighted by Gasteiger charge is -2.43. The third-order valence-corrected chi connectivity index (χ3v) is 5.68. The molecule has 0 aromatic rings. The van der Waals surface area contributed by atoms with E-state index in [1.807, 2.05) is 0 Å².